The van der Waals surface area contributed by atoms with Gasteiger partial charge in [-0.1, -0.05) is 12.1 Å². The first-order chi connectivity index (χ1) is 11.6. The van der Waals surface area contributed by atoms with E-state index in [0.717, 1.165) is 31.8 Å². The number of hydrogen-bond acceptors (Lipinski definition) is 4. The fourth-order valence-corrected chi connectivity index (χ4v) is 3.56. The Balaban J connectivity index is 1.44. The minimum atomic E-state index is -0.140. The fourth-order valence-electron chi connectivity index (χ4n) is 3.56. The number of likely N-dealkylation sites (N-methyl/N-ethyl adjacent to an activating group) is 1. The molecule has 2 saturated heterocycles. The molecule has 0 saturated carbocycles. The highest BCUT2D eigenvalue weighted by molar-refractivity contribution is 5.26. The van der Waals surface area contributed by atoms with Crippen LogP contribution in [0, 0.1) is 12.7 Å². The molecule has 0 spiro atoms. The van der Waals surface area contributed by atoms with Crippen molar-refractivity contribution in [1.82, 2.24) is 14.7 Å². The van der Waals surface area contributed by atoms with Crippen LogP contribution in [0.2, 0.25) is 0 Å². The molecule has 24 heavy (non-hydrogen) atoms. The van der Waals surface area contributed by atoms with E-state index in [4.69, 9.17) is 4.74 Å². The van der Waals surface area contributed by atoms with E-state index in [9.17, 15) is 4.39 Å². The lowest BCUT2D eigenvalue weighted by atomic mass is 10.0. The van der Waals surface area contributed by atoms with Crippen molar-refractivity contribution in [3.63, 3.8) is 0 Å². The first-order valence-electron chi connectivity index (χ1n) is 9.13. The van der Waals surface area contributed by atoms with Crippen molar-refractivity contribution < 1.29 is 9.13 Å². The topological polar surface area (TPSA) is 19.0 Å². The molecule has 1 atom stereocenters. The van der Waals surface area contributed by atoms with Gasteiger partial charge in [-0.05, 0) is 50.7 Å². The summed E-state index contributed by atoms with van der Waals surface area (Å²) in [6, 6.07) is 5.34. The average Bonchev–Trinajstić information content (AvgIpc) is 2.59. The van der Waals surface area contributed by atoms with Crippen LogP contribution in [0.5, 0.6) is 0 Å². The van der Waals surface area contributed by atoms with E-state index in [-0.39, 0.29) is 11.9 Å². The van der Waals surface area contributed by atoms with Crippen molar-refractivity contribution in [3.8, 4) is 0 Å². The summed E-state index contributed by atoms with van der Waals surface area (Å²) in [6.07, 6.45) is 1.28. The van der Waals surface area contributed by atoms with E-state index in [1.54, 1.807) is 6.07 Å². The van der Waals surface area contributed by atoms with Crippen molar-refractivity contribution >= 4 is 0 Å². The molecular formula is C19H30FN3O. The zero-order chi connectivity index (χ0) is 16.9. The summed E-state index contributed by atoms with van der Waals surface area (Å²) in [5.41, 5.74) is 1.79. The molecule has 0 N–H and O–H groups in total. The molecule has 1 aromatic carbocycles. The van der Waals surface area contributed by atoms with Gasteiger partial charge >= 0.3 is 0 Å². The Hall–Kier alpha value is -1.01. The molecule has 0 unspecified atom stereocenters. The number of benzene rings is 1. The molecular weight excluding hydrogens is 305 g/mol. The number of hydrogen-bond donors (Lipinski definition) is 0. The van der Waals surface area contributed by atoms with Crippen molar-refractivity contribution in [3.05, 3.63) is 35.1 Å². The summed E-state index contributed by atoms with van der Waals surface area (Å²) in [4.78, 5) is 7.46. The summed E-state index contributed by atoms with van der Waals surface area (Å²) in [5.74, 6) is -0.140. The quantitative estimate of drug-likeness (QED) is 0.821. The molecule has 134 valence electrons. The maximum absolute atomic E-state index is 13.5. The Kier molecular flexibility index (Phi) is 6.22. The molecule has 2 aliphatic heterocycles. The zero-order valence-corrected chi connectivity index (χ0v) is 15.0. The highest BCUT2D eigenvalue weighted by Crippen LogP contribution is 2.24. The first kappa shape index (κ1) is 17.8. The molecule has 1 aromatic rings. The number of ether oxygens (including phenoxy) is 1. The summed E-state index contributed by atoms with van der Waals surface area (Å²) in [5, 5.41) is 0. The van der Waals surface area contributed by atoms with Crippen LogP contribution in [-0.4, -0.2) is 80.7 Å². The molecule has 5 heteroatoms. The maximum atomic E-state index is 13.5. The predicted octanol–water partition coefficient (Wildman–Crippen LogP) is 2.14. The summed E-state index contributed by atoms with van der Waals surface area (Å²) in [6.45, 7) is 11.5. The normalized spacial score (nSPS) is 24.4. The lowest BCUT2D eigenvalue weighted by Gasteiger charge is -2.35. The predicted molar refractivity (Wildman–Crippen MR) is 94.8 cm³/mol. The summed E-state index contributed by atoms with van der Waals surface area (Å²) >= 11 is 0. The van der Waals surface area contributed by atoms with E-state index >= 15 is 0 Å². The number of halogens is 1. The van der Waals surface area contributed by atoms with E-state index < -0.39 is 0 Å². The van der Waals surface area contributed by atoms with Crippen LogP contribution in [-0.2, 0) is 4.74 Å². The highest BCUT2D eigenvalue weighted by Gasteiger charge is 2.22. The average molecular weight is 335 g/mol. The van der Waals surface area contributed by atoms with Crippen molar-refractivity contribution in [2.75, 3.05) is 66.0 Å². The number of morpholine rings is 1. The third kappa shape index (κ3) is 4.76. The number of piperazine rings is 1. The van der Waals surface area contributed by atoms with E-state index in [1.807, 2.05) is 19.1 Å². The lowest BCUT2D eigenvalue weighted by Crippen LogP contribution is -2.45. The minimum Gasteiger partial charge on any atom is -0.371 e. The summed E-state index contributed by atoms with van der Waals surface area (Å²) in [7, 11) is 2.20. The highest BCUT2D eigenvalue weighted by atomic mass is 19.1. The fraction of sp³-hybridized carbons (Fsp3) is 0.684. The van der Waals surface area contributed by atoms with E-state index in [2.05, 4.69) is 21.7 Å². The van der Waals surface area contributed by atoms with E-state index in [1.165, 1.54) is 39.1 Å². The van der Waals surface area contributed by atoms with Gasteiger partial charge in [0.15, 0.2) is 0 Å². The molecule has 0 radical (unpaired) electrons. The van der Waals surface area contributed by atoms with Crippen molar-refractivity contribution in [2.45, 2.75) is 19.4 Å². The third-order valence-electron chi connectivity index (χ3n) is 5.25. The van der Waals surface area contributed by atoms with Gasteiger partial charge in [-0.25, -0.2) is 4.39 Å². The second kappa shape index (κ2) is 8.39. The SMILES string of the molecule is Cc1cc([C@@H]2CN(CCCN3CCN(C)CC3)CCO2)ccc1F. The monoisotopic (exact) mass is 335 g/mol. The van der Waals surface area contributed by atoms with Crippen LogP contribution in [0.4, 0.5) is 4.39 Å². The van der Waals surface area contributed by atoms with Crippen molar-refractivity contribution in [1.29, 1.82) is 0 Å². The van der Waals surface area contributed by atoms with Crippen molar-refractivity contribution in [2.24, 2.45) is 0 Å². The number of nitrogens with zero attached hydrogens (tertiary/aromatic N) is 3. The van der Waals surface area contributed by atoms with E-state index in [0.29, 0.717) is 5.56 Å². The molecule has 2 fully saturated rings. The van der Waals surface area contributed by atoms with Crippen LogP contribution < -0.4 is 0 Å². The smallest absolute Gasteiger partial charge is 0.126 e. The molecule has 2 heterocycles. The summed E-state index contributed by atoms with van der Waals surface area (Å²) < 4.78 is 19.4. The number of aryl methyl sites for hydroxylation is 1. The molecule has 0 amide bonds. The Bertz CT molecular complexity index is 531. The van der Waals surface area contributed by atoms with Gasteiger partial charge in [-0.2, -0.15) is 0 Å². The first-order valence-corrected chi connectivity index (χ1v) is 9.13. The van der Waals surface area contributed by atoms with Crippen LogP contribution in [0.15, 0.2) is 18.2 Å². The second-order valence-corrected chi connectivity index (χ2v) is 7.17. The second-order valence-electron chi connectivity index (χ2n) is 7.17. The molecule has 2 aliphatic rings. The Morgan fingerprint density at radius 1 is 1.08 bits per heavy atom. The van der Waals surface area contributed by atoms with Crippen LogP contribution >= 0.6 is 0 Å². The molecule has 0 aromatic heterocycles. The van der Waals surface area contributed by atoms with Crippen LogP contribution in [0.25, 0.3) is 0 Å². The zero-order valence-electron chi connectivity index (χ0n) is 15.0. The van der Waals surface area contributed by atoms with Gasteiger partial charge in [0.25, 0.3) is 0 Å². The van der Waals surface area contributed by atoms with Gasteiger partial charge in [-0.3, -0.25) is 4.90 Å². The Morgan fingerprint density at radius 3 is 2.58 bits per heavy atom. The molecule has 0 bridgehead atoms. The van der Waals surface area contributed by atoms with Gasteiger partial charge in [0.1, 0.15) is 5.82 Å². The van der Waals surface area contributed by atoms with Crippen LogP contribution in [0.3, 0.4) is 0 Å². The van der Waals surface area contributed by atoms with Gasteiger partial charge in [0, 0.05) is 39.3 Å². The van der Waals surface area contributed by atoms with Crippen LogP contribution in [0.1, 0.15) is 23.7 Å². The Labute approximate surface area is 145 Å². The minimum absolute atomic E-state index is 0.0710. The van der Waals surface area contributed by atoms with Gasteiger partial charge in [-0.15, -0.1) is 0 Å². The number of rotatable bonds is 5. The largest absolute Gasteiger partial charge is 0.371 e. The van der Waals surface area contributed by atoms with Gasteiger partial charge < -0.3 is 14.5 Å². The third-order valence-corrected chi connectivity index (χ3v) is 5.25. The lowest BCUT2D eigenvalue weighted by molar-refractivity contribution is -0.0310. The standard InChI is InChI=1S/C19H30FN3O/c1-16-14-17(4-5-18(16)20)19-15-23(12-13-24-19)7-3-6-22-10-8-21(2)9-11-22/h4-5,14,19H,3,6-13,15H2,1-2H3/t19-/m0/s1. The Morgan fingerprint density at radius 2 is 1.83 bits per heavy atom. The van der Waals surface area contributed by atoms with Gasteiger partial charge in [0.05, 0.1) is 12.7 Å². The molecule has 0 aliphatic carbocycles. The molecule has 3 rings (SSSR count). The van der Waals surface area contributed by atoms with Gasteiger partial charge in [0.2, 0.25) is 0 Å². The maximum Gasteiger partial charge on any atom is 0.126 e. The molecule has 4 nitrogen and oxygen atoms in total.